The van der Waals surface area contributed by atoms with E-state index < -0.39 is 12.0 Å². The molecule has 3 aromatic rings. The van der Waals surface area contributed by atoms with Crippen molar-refractivity contribution in [3.63, 3.8) is 0 Å². The van der Waals surface area contributed by atoms with Crippen molar-refractivity contribution >= 4 is 46.3 Å². The van der Waals surface area contributed by atoms with Crippen molar-refractivity contribution in [3.05, 3.63) is 80.6 Å². The molecule has 33 heavy (non-hydrogen) atoms. The van der Waals surface area contributed by atoms with Gasteiger partial charge >= 0.3 is 0 Å². The van der Waals surface area contributed by atoms with Gasteiger partial charge in [-0.15, -0.1) is 0 Å². The van der Waals surface area contributed by atoms with Crippen LogP contribution in [0.5, 0.6) is 0 Å². The van der Waals surface area contributed by atoms with Crippen LogP contribution >= 0.6 is 23.2 Å². The highest BCUT2D eigenvalue weighted by atomic mass is 35.5. The number of aliphatic imine (C=N–C) groups is 1. The van der Waals surface area contributed by atoms with E-state index >= 15 is 0 Å². The number of halogens is 2. The monoisotopic (exact) mass is 483 g/mol. The Morgan fingerprint density at radius 3 is 2.48 bits per heavy atom. The number of aromatic amines is 1. The van der Waals surface area contributed by atoms with Crippen LogP contribution in [-0.4, -0.2) is 52.5 Å². The van der Waals surface area contributed by atoms with Gasteiger partial charge in [0.25, 0.3) is 5.56 Å². The SMILES string of the molecule is CC1=Nc2cc(=O)[nH]n2C(c2cccc(Cl)c2Cl)C1C(=O)N1CCN(c2ccccc2)CC1. The minimum atomic E-state index is -0.611. The predicted octanol–water partition coefficient (Wildman–Crippen LogP) is 4.14. The van der Waals surface area contributed by atoms with Gasteiger partial charge in [0.2, 0.25) is 5.91 Å². The normalized spacial score (nSPS) is 20.4. The van der Waals surface area contributed by atoms with E-state index in [1.54, 1.807) is 16.8 Å². The van der Waals surface area contributed by atoms with Gasteiger partial charge in [0.05, 0.1) is 16.1 Å². The summed E-state index contributed by atoms with van der Waals surface area (Å²) in [5, 5.41) is 3.57. The largest absolute Gasteiger partial charge is 0.368 e. The van der Waals surface area contributed by atoms with Gasteiger partial charge < -0.3 is 9.80 Å². The number of fused-ring (bicyclic) bond motifs is 1. The lowest BCUT2D eigenvalue weighted by Crippen LogP contribution is -2.53. The average molecular weight is 484 g/mol. The maximum Gasteiger partial charge on any atom is 0.266 e. The zero-order valence-corrected chi connectivity index (χ0v) is 19.6. The van der Waals surface area contributed by atoms with E-state index in [1.807, 2.05) is 36.1 Å². The topological polar surface area (TPSA) is 73.7 Å². The van der Waals surface area contributed by atoms with Crippen molar-refractivity contribution in [2.75, 3.05) is 31.1 Å². The quantitative estimate of drug-likeness (QED) is 0.608. The number of nitrogens with zero attached hydrogens (tertiary/aromatic N) is 4. The molecule has 1 amide bonds. The number of nitrogens with one attached hydrogen (secondary N) is 1. The van der Waals surface area contributed by atoms with Gasteiger partial charge in [-0.05, 0) is 30.7 Å². The Hall–Kier alpha value is -3.03. The summed E-state index contributed by atoms with van der Waals surface area (Å²) in [6.07, 6.45) is 0. The molecule has 7 nitrogen and oxygen atoms in total. The zero-order chi connectivity index (χ0) is 23.1. The Morgan fingerprint density at radius 1 is 1.03 bits per heavy atom. The summed E-state index contributed by atoms with van der Waals surface area (Å²) in [6, 6.07) is 16.4. The first kappa shape index (κ1) is 21.8. The molecule has 2 aliphatic rings. The van der Waals surface area contributed by atoms with Crippen molar-refractivity contribution in [1.29, 1.82) is 0 Å². The summed E-state index contributed by atoms with van der Waals surface area (Å²) in [7, 11) is 0. The number of anilines is 1. The van der Waals surface area contributed by atoms with Crippen molar-refractivity contribution in [2.24, 2.45) is 10.9 Å². The van der Waals surface area contributed by atoms with Crippen LogP contribution in [0.4, 0.5) is 11.5 Å². The molecule has 5 rings (SSSR count). The van der Waals surface area contributed by atoms with E-state index in [2.05, 4.69) is 27.1 Å². The van der Waals surface area contributed by atoms with E-state index in [0.717, 1.165) is 18.8 Å². The minimum absolute atomic E-state index is 0.0368. The first-order valence-corrected chi connectivity index (χ1v) is 11.6. The highest BCUT2D eigenvalue weighted by Gasteiger charge is 2.41. The molecular formula is C24H23Cl2N5O2. The summed E-state index contributed by atoms with van der Waals surface area (Å²) in [6.45, 7) is 4.51. The summed E-state index contributed by atoms with van der Waals surface area (Å²) in [5.41, 5.74) is 2.19. The van der Waals surface area contributed by atoms with Gasteiger partial charge in [-0.1, -0.05) is 53.5 Å². The molecule has 9 heteroatoms. The Kier molecular flexibility index (Phi) is 5.76. The molecule has 1 N–H and O–H groups in total. The third-order valence-electron chi connectivity index (χ3n) is 6.35. The molecule has 0 bridgehead atoms. The van der Waals surface area contributed by atoms with Gasteiger partial charge in [-0.3, -0.25) is 19.4 Å². The summed E-state index contributed by atoms with van der Waals surface area (Å²) in [4.78, 5) is 34.7. The molecule has 1 aromatic heterocycles. The third-order valence-corrected chi connectivity index (χ3v) is 7.18. The molecule has 1 saturated heterocycles. The van der Waals surface area contributed by atoms with E-state index in [0.29, 0.717) is 40.2 Å². The number of rotatable bonds is 3. The number of benzene rings is 2. The van der Waals surface area contributed by atoms with Crippen LogP contribution < -0.4 is 10.5 Å². The molecule has 0 spiro atoms. The molecule has 170 valence electrons. The van der Waals surface area contributed by atoms with Crippen LogP contribution in [-0.2, 0) is 4.79 Å². The zero-order valence-electron chi connectivity index (χ0n) is 18.0. The molecule has 0 saturated carbocycles. The van der Waals surface area contributed by atoms with Gasteiger partial charge in [0, 0.05) is 43.6 Å². The first-order valence-electron chi connectivity index (χ1n) is 10.8. The maximum atomic E-state index is 13.8. The number of H-pyrrole nitrogens is 1. The smallest absolute Gasteiger partial charge is 0.266 e. The van der Waals surface area contributed by atoms with E-state index in [4.69, 9.17) is 23.2 Å². The lowest BCUT2D eigenvalue weighted by Gasteiger charge is -2.40. The lowest BCUT2D eigenvalue weighted by atomic mass is 9.86. The third kappa shape index (κ3) is 3.96. The highest BCUT2D eigenvalue weighted by molar-refractivity contribution is 6.42. The second kappa shape index (κ2) is 8.72. The number of carbonyl (C=O) groups excluding carboxylic acids is 1. The molecule has 2 atom stereocenters. The lowest BCUT2D eigenvalue weighted by molar-refractivity contribution is -0.134. The Balaban J connectivity index is 1.47. The fourth-order valence-corrected chi connectivity index (χ4v) is 5.14. The molecule has 3 heterocycles. The molecule has 2 aliphatic heterocycles. The Labute approximate surface area is 201 Å². The number of hydrogen-bond acceptors (Lipinski definition) is 4. The van der Waals surface area contributed by atoms with Crippen LogP contribution in [0, 0.1) is 5.92 Å². The van der Waals surface area contributed by atoms with Crippen molar-refractivity contribution in [1.82, 2.24) is 14.7 Å². The van der Waals surface area contributed by atoms with Crippen LogP contribution in [0.3, 0.4) is 0 Å². The second-order valence-electron chi connectivity index (χ2n) is 8.32. The van der Waals surface area contributed by atoms with Crippen molar-refractivity contribution in [2.45, 2.75) is 13.0 Å². The standard InChI is InChI=1S/C24H23Cl2N5O2/c1-15-21(24(33)30-12-10-29(11-13-30)16-6-3-2-4-7-16)23(17-8-5-9-18(25)22(17)26)31-19(27-15)14-20(32)28-31/h2-9,14,21,23H,10-13H2,1H3,(H,28,32). The fourth-order valence-electron chi connectivity index (χ4n) is 4.72. The second-order valence-corrected chi connectivity index (χ2v) is 9.10. The number of para-hydroxylation sites is 1. The summed E-state index contributed by atoms with van der Waals surface area (Å²) < 4.78 is 1.63. The highest BCUT2D eigenvalue weighted by Crippen LogP contribution is 2.41. The molecule has 0 aliphatic carbocycles. The van der Waals surface area contributed by atoms with E-state index in [9.17, 15) is 9.59 Å². The maximum absolute atomic E-state index is 13.8. The van der Waals surface area contributed by atoms with Crippen LogP contribution in [0.1, 0.15) is 18.5 Å². The van der Waals surface area contributed by atoms with E-state index in [-0.39, 0.29) is 11.5 Å². The van der Waals surface area contributed by atoms with Gasteiger partial charge in [0.15, 0.2) is 5.82 Å². The number of hydrogen-bond donors (Lipinski definition) is 1. The van der Waals surface area contributed by atoms with Gasteiger partial charge in [-0.25, -0.2) is 4.99 Å². The van der Waals surface area contributed by atoms with Crippen molar-refractivity contribution in [3.8, 4) is 0 Å². The molecular weight excluding hydrogens is 461 g/mol. The van der Waals surface area contributed by atoms with Gasteiger partial charge in [-0.2, -0.15) is 0 Å². The molecule has 1 fully saturated rings. The molecule has 0 radical (unpaired) electrons. The fraction of sp³-hybridized carbons (Fsp3) is 0.292. The predicted molar refractivity (Wildman–Crippen MR) is 131 cm³/mol. The summed E-state index contributed by atoms with van der Waals surface area (Å²) in [5.74, 6) is -0.179. The Bertz CT molecular complexity index is 1280. The molecule has 2 aromatic carbocycles. The van der Waals surface area contributed by atoms with Gasteiger partial charge in [0.1, 0.15) is 5.92 Å². The minimum Gasteiger partial charge on any atom is -0.368 e. The Morgan fingerprint density at radius 2 is 1.76 bits per heavy atom. The number of amides is 1. The number of aromatic nitrogens is 2. The average Bonchev–Trinajstić information content (AvgIpc) is 3.20. The molecule has 2 unspecified atom stereocenters. The van der Waals surface area contributed by atoms with Crippen LogP contribution in [0.25, 0.3) is 0 Å². The number of piperazine rings is 1. The first-order chi connectivity index (χ1) is 15.9. The number of carbonyl (C=O) groups is 1. The van der Waals surface area contributed by atoms with Crippen molar-refractivity contribution < 1.29 is 4.79 Å². The summed E-state index contributed by atoms with van der Waals surface area (Å²) >= 11 is 12.9. The van der Waals surface area contributed by atoms with Crippen LogP contribution in [0.15, 0.2) is 64.4 Å². The van der Waals surface area contributed by atoms with E-state index in [1.165, 1.54) is 6.07 Å². The van der Waals surface area contributed by atoms with Crippen LogP contribution in [0.2, 0.25) is 10.0 Å².